The molecule has 0 atom stereocenters. The van der Waals surface area contributed by atoms with Gasteiger partial charge < -0.3 is 14.9 Å². The second-order valence-electron chi connectivity index (χ2n) is 4.77. The normalized spacial score (nSPS) is 11.0. The van der Waals surface area contributed by atoms with Gasteiger partial charge in [-0.15, -0.1) is 0 Å². The number of rotatable bonds is 5. The highest BCUT2D eigenvalue weighted by Crippen LogP contribution is 2.33. The molecule has 19 heavy (non-hydrogen) atoms. The Morgan fingerprint density at radius 2 is 2.16 bits per heavy atom. The monoisotopic (exact) mass is 260 g/mol. The van der Waals surface area contributed by atoms with Gasteiger partial charge in [-0.1, -0.05) is 19.9 Å². The highest BCUT2D eigenvalue weighted by Gasteiger charge is 2.13. The lowest BCUT2D eigenvalue weighted by molar-refractivity contribution is 0.413. The van der Waals surface area contributed by atoms with Gasteiger partial charge in [-0.05, 0) is 23.6 Å². The largest absolute Gasteiger partial charge is 0.496 e. The van der Waals surface area contributed by atoms with Crippen molar-refractivity contribution in [1.29, 1.82) is 0 Å². The van der Waals surface area contributed by atoms with E-state index in [0.717, 1.165) is 17.1 Å². The molecule has 4 nitrogen and oxygen atoms in total. The molecule has 1 heterocycles. The fourth-order valence-electron chi connectivity index (χ4n) is 1.94. The van der Waals surface area contributed by atoms with Crippen molar-refractivity contribution in [1.82, 2.24) is 4.98 Å². The Hall–Kier alpha value is -1.81. The Kier molecular flexibility index (Phi) is 4.22. The van der Waals surface area contributed by atoms with Crippen LogP contribution in [0.3, 0.4) is 0 Å². The standard InChI is InChI=1S/C15H20N2O2/c1-10(2)11-4-5-12(13(8-11)18-3)14-9-17-15(19-14)6-7-16/h4-5,8-10H,6-7,16H2,1-3H3. The summed E-state index contributed by atoms with van der Waals surface area (Å²) in [5.74, 6) is 2.65. The van der Waals surface area contributed by atoms with E-state index in [4.69, 9.17) is 14.9 Å². The number of hydrogen-bond donors (Lipinski definition) is 1. The molecule has 1 aromatic heterocycles. The fraction of sp³-hybridized carbons (Fsp3) is 0.400. The van der Waals surface area contributed by atoms with E-state index in [1.165, 1.54) is 5.56 Å². The first-order chi connectivity index (χ1) is 9.15. The summed E-state index contributed by atoms with van der Waals surface area (Å²) in [5.41, 5.74) is 7.65. The molecule has 2 N–H and O–H groups in total. The maximum absolute atomic E-state index is 5.68. The zero-order chi connectivity index (χ0) is 13.8. The first-order valence-corrected chi connectivity index (χ1v) is 6.48. The molecule has 2 aromatic rings. The summed E-state index contributed by atoms with van der Waals surface area (Å²) in [7, 11) is 1.67. The molecule has 4 heteroatoms. The summed E-state index contributed by atoms with van der Waals surface area (Å²) in [6.07, 6.45) is 2.37. The molecular formula is C15H20N2O2. The maximum Gasteiger partial charge on any atom is 0.196 e. The third kappa shape index (κ3) is 2.96. The van der Waals surface area contributed by atoms with Crippen LogP contribution in [0.25, 0.3) is 11.3 Å². The number of oxazole rings is 1. The first kappa shape index (κ1) is 13.6. The van der Waals surface area contributed by atoms with Gasteiger partial charge in [0.1, 0.15) is 5.75 Å². The van der Waals surface area contributed by atoms with Crippen LogP contribution in [-0.2, 0) is 6.42 Å². The van der Waals surface area contributed by atoms with Crippen LogP contribution in [0.4, 0.5) is 0 Å². The SMILES string of the molecule is COc1cc(C(C)C)ccc1-c1cnc(CCN)o1. The Balaban J connectivity index is 2.37. The molecule has 0 unspecified atom stereocenters. The molecule has 0 amide bonds. The number of hydrogen-bond acceptors (Lipinski definition) is 4. The van der Waals surface area contributed by atoms with Crippen molar-refractivity contribution >= 4 is 0 Å². The molecule has 102 valence electrons. The van der Waals surface area contributed by atoms with Gasteiger partial charge in [0, 0.05) is 13.0 Å². The van der Waals surface area contributed by atoms with Crippen molar-refractivity contribution in [2.24, 2.45) is 5.73 Å². The summed E-state index contributed by atoms with van der Waals surface area (Å²) >= 11 is 0. The quantitative estimate of drug-likeness (QED) is 0.897. The minimum atomic E-state index is 0.463. The fourth-order valence-corrected chi connectivity index (χ4v) is 1.94. The third-order valence-electron chi connectivity index (χ3n) is 3.07. The second-order valence-corrected chi connectivity index (χ2v) is 4.77. The van der Waals surface area contributed by atoms with Crippen molar-refractivity contribution in [2.45, 2.75) is 26.2 Å². The van der Waals surface area contributed by atoms with E-state index < -0.39 is 0 Å². The van der Waals surface area contributed by atoms with Gasteiger partial charge in [0.05, 0.1) is 18.9 Å². The summed E-state index contributed by atoms with van der Waals surface area (Å²) in [6.45, 7) is 4.84. The summed E-state index contributed by atoms with van der Waals surface area (Å²) in [5, 5.41) is 0. The average molecular weight is 260 g/mol. The van der Waals surface area contributed by atoms with Gasteiger partial charge in [-0.3, -0.25) is 0 Å². The van der Waals surface area contributed by atoms with Gasteiger partial charge in [-0.2, -0.15) is 0 Å². The zero-order valence-electron chi connectivity index (χ0n) is 11.6. The summed E-state index contributed by atoms with van der Waals surface area (Å²) in [4.78, 5) is 4.21. The number of aromatic nitrogens is 1. The third-order valence-corrected chi connectivity index (χ3v) is 3.07. The average Bonchev–Trinajstić information content (AvgIpc) is 2.86. The molecule has 0 radical (unpaired) electrons. The van der Waals surface area contributed by atoms with Crippen LogP contribution in [0, 0.1) is 0 Å². The Morgan fingerprint density at radius 1 is 1.37 bits per heavy atom. The molecule has 0 aliphatic heterocycles. The van der Waals surface area contributed by atoms with Gasteiger partial charge in [0.15, 0.2) is 11.7 Å². The van der Waals surface area contributed by atoms with E-state index in [2.05, 4.69) is 24.9 Å². The number of methoxy groups -OCH3 is 1. The maximum atomic E-state index is 5.68. The van der Waals surface area contributed by atoms with Crippen molar-refractivity contribution in [3.05, 3.63) is 35.9 Å². The summed E-state index contributed by atoms with van der Waals surface area (Å²) < 4.78 is 11.1. The predicted molar refractivity (Wildman–Crippen MR) is 75.3 cm³/mol. The minimum Gasteiger partial charge on any atom is -0.496 e. The summed E-state index contributed by atoms with van der Waals surface area (Å²) in [6, 6.07) is 6.15. The van der Waals surface area contributed by atoms with Gasteiger partial charge in [0.25, 0.3) is 0 Å². The number of nitrogens with two attached hydrogens (primary N) is 1. The lowest BCUT2D eigenvalue weighted by Crippen LogP contribution is -2.02. The Bertz CT molecular complexity index is 547. The Morgan fingerprint density at radius 3 is 2.79 bits per heavy atom. The highest BCUT2D eigenvalue weighted by molar-refractivity contribution is 5.66. The zero-order valence-corrected chi connectivity index (χ0v) is 11.6. The van der Waals surface area contributed by atoms with Crippen LogP contribution in [0.2, 0.25) is 0 Å². The van der Waals surface area contributed by atoms with E-state index in [-0.39, 0.29) is 0 Å². The molecule has 0 aliphatic rings. The van der Waals surface area contributed by atoms with Crippen molar-refractivity contribution in [2.75, 3.05) is 13.7 Å². The van der Waals surface area contributed by atoms with Crippen LogP contribution in [0.5, 0.6) is 5.75 Å². The van der Waals surface area contributed by atoms with Gasteiger partial charge in [-0.25, -0.2) is 4.98 Å². The lowest BCUT2D eigenvalue weighted by Gasteiger charge is -2.11. The molecule has 0 fully saturated rings. The lowest BCUT2D eigenvalue weighted by atomic mass is 10.0. The molecule has 2 rings (SSSR count). The smallest absolute Gasteiger partial charge is 0.196 e. The predicted octanol–water partition coefficient (Wildman–Crippen LogP) is 2.97. The van der Waals surface area contributed by atoms with Crippen LogP contribution < -0.4 is 10.5 Å². The van der Waals surface area contributed by atoms with Crippen molar-refractivity contribution in [3.8, 4) is 17.1 Å². The topological polar surface area (TPSA) is 61.3 Å². The van der Waals surface area contributed by atoms with Gasteiger partial charge in [0.2, 0.25) is 0 Å². The van der Waals surface area contributed by atoms with Crippen LogP contribution >= 0.6 is 0 Å². The van der Waals surface area contributed by atoms with Crippen molar-refractivity contribution in [3.63, 3.8) is 0 Å². The molecule has 1 aromatic carbocycles. The molecule has 0 saturated heterocycles. The second kappa shape index (κ2) is 5.89. The minimum absolute atomic E-state index is 0.463. The highest BCUT2D eigenvalue weighted by atomic mass is 16.5. The van der Waals surface area contributed by atoms with Crippen molar-refractivity contribution < 1.29 is 9.15 Å². The van der Waals surface area contributed by atoms with E-state index in [0.29, 0.717) is 24.8 Å². The number of nitrogens with zero attached hydrogens (tertiary/aromatic N) is 1. The van der Waals surface area contributed by atoms with Gasteiger partial charge >= 0.3 is 0 Å². The van der Waals surface area contributed by atoms with Crippen LogP contribution in [0.1, 0.15) is 31.2 Å². The van der Waals surface area contributed by atoms with Crippen LogP contribution in [-0.4, -0.2) is 18.6 Å². The molecule has 0 aliphatic carbocycles. The van der Waals surface area contributed by atoms with E-state index in [1.54, 1.807) is 13.3 Å². The van der Waals surface area contributed by atoms with E-state index >= 15 is 0 Å². The molecule has 0 spiro atoms. The van der Waals surface area contributed by atoms with Crippen LogP contribution in [0.15, 0.2) is 28.8 Å². The molecule has 0 saturated carbocycles. The van der Waals surface area contributed by atoms with E-state index in [1.807, 2.05) is 12.1 Å². The Labute approximate surface area is 113 Å². The molecule has 0 bridgehead atoms. The number of benzene rings is 1. The number of ether oxygens (including phenoxy) is 1. The van der Waals surface area contributed by atoms with E-state index in [9.17, 15) is 0 Å². The molecular weight excluding hydrogens is 240 g/mol. The first-order valence-electron chi connectivity index (χ1n) is 6.48.